The first kappa shape index (κ1) is 9.21. The van der Waals surface area contributed by atoms with Gasteiger partial charge in [-0.3, -0.25) is 4.79 Å². The Hall–Kier alpha value is -0.790. The molecule has 0 unspecified atom stereocenters. The lowest BCUT2D eigenvalue weighted by Gasteiger charge is -2.12. The van der Waals surface area contributed by atoms with Crippen molar-refractivity contribution in [3.05, 3.63) is 12.3 Å². The molecule has 10 heavy (non-hydrogen) atoms. The number of methoxy groups -OCH3 is 1. The van der Waals surface area contributed by atoms with Crippen LogP contribution in [0.4, 0.5) is 0 Å². The minimum Gasteiger partial charge on any atom is -0.504 e. The fourth-order valence-corrected chi connectivity index (χ4v) is 0.380. The summed E-state index contributed by atoms with van der Waals surface area (Å²) in [6.07, 6.45) is 2.84. The molecule has 2 heteroatoms. The second kappa shape index (κ2) is 3.40. The van der Waals surface area contributed by atoms with Gasteiger partial charge >= 0.3 is 0 Å². The summed E-state index contributed by atoms with van der Waals surface area (Å²) in [7, 11) is 1.52. The van der Waals surface area contributed by atoms with Crippen molar-refractivity contribution in [3.8, 4) is 0 Å². The molecule has 0 bridgehead atoms. The van der Waals surface area contributed by atoms with Gasteiger partial charge in [-0.2, -0.15) is 0 Å². The molecule has 0 amide bonds. The Morgan fingerprint density at radius 2 is 1.90 bits per heavy atom. The van der Waals surface area contributed by atoms with Gasteiger partial charge in [0.25, 0.3) is 0 Å². The van der Waals surface area contributed by atoms with Crippen LogP contribution in [0.15, 0.2) is 12.3 Å². The zero-order chi connectivity index (χ0) is 8.20. The lowest BCUT2D eigenvalue weighted by Crippen LogP contribution is -2.17. The van der Waals surface area contributed by atoms with Gasteiger partial charge in [-0.1, -0.05) is 20.8 Å². The Labute approximate surface area is 61.9 Å². The number of hydrogen-bond donors (Lipinski definition) is 0. The number of ketones is 1. The van der Waals surface area contributed by atoms with Crippen molar-refractivity contribution in [1.29, 1.82) is 0 Å². The zero-order valence-corrected chi connectivity index (χ0v) is 6.97. The van der Waals surface area contributed by atoms with Crippen molar-refractivity contribution in [2.75, 3.05) is 7.11 Å². The van der Waals surface area contributed by atoms with E-state index in [2.05, 4.69) is 4.74 Å². The molecule has 2 nitrogen and oxygen atoms in total. The van der Waals surface area contributed by atoms with Crippen molar-refractivity contribution >= 4 is 5.78 Å². The predicted molar refractivity (Wildman–Crippen MR) is 40.6 cm³/mol. The van der Waals surface area contributed by atoms with E-state index in [-0.39, 0.29) is 11.2 Å². The number of carbonyl (C=O) groups is 1. The second-order valence-electron chi connectivity index (χ2n) is 3.15. The third-order valence-electron chi connectivity index (χ3n) is 1.09. The smallest absolute Gasteiger partial charge is 0.164 e. The van der Waals surface area contributed by atoms with E-state index >= 15 is 0 Å². The molecular weight excluding hydrogens is 128 g/mol. The Morgan fingerprint density at radius 3 is 2.20 bits per heavy atom. The van der Waals surface area contributed by atoms with Crippen LogP contribution in [0.2, 0.25) is 0 Å². The molecule has 0 N–H and O–H groups in total. The Bertz CT molecular complexity index is 140. The summed E-state index contributed by atoms with van der Waals surface area (Å²) in [5.74, 6) is 0.0781. The Kier molecular flexibility index (Phi) is 3.13. The van der Waals surface area contributed by atoms with Gasteiger partial charge < -0.3 is 4.74 Å². The molecule has 0 saturated carbocycles. The summed E-state index contributed by atoms with van der Waals surface area (Å²) >= 11 is 0. The molecule has 0 heterocycles. The van der Waals surface area contributed by atoms with Crippen LogP contribution in [0.25, 0.3) is 0 Å². The zero-order valence-electron chi connectivity index (χ0n) is 6.97. The van der Waals surface area contributed by atoms with Crippen LogP contribution >= 0.6 is 0 Å². The van der Waals surface area contributed by atoms with Gasteiger partial charge in [0.2, 0.25) is 0 Å². The van der Waals surface area contributed by atoms with E-state index in [4.69, 9.17) is 0 Å². The number of rotatable bonds is 2. The van der Waals surface area contributed by atoms with Crippen LogP contribution in [-0.4, -0.2) is 12.9 Å². The third-order valence-corrected chi connectivity index (χ3v) is 1.09. The van der Waals surface area contributed by atoms with Crippen LogP contribution in [0.5, 0.6) is 0 Å². The first-order valence-corrected chi connectivity index (χ1v) is 3.22. The number of ether oxygens (including phenoxy) is 1. The van der Waals surface area contributed by atoms with Crippen LogP contribution in [0.1, 0.15) is 20.8 Å². The SMILES string of the molecule is COC=CC(=O)C(C)(C)C. The summed E-state index contributed by atoms with van der Waals surface area (Å²) in [5.41, 5.74) is -0.297. The summed E-state index contributed by atoms with van der Waals surface area (Å²) in [6.45, 7) is 5.61. The highest BCUT2D eigenvalue weighted by atomic mass is 16.5. The molecule has 0 aliphatic heterocycles. The highest BCUT2D eigenvalue weighted by molar-refractivity contribution is 5.93. The van der Waals surface area contributed by atoms with E-state index in [1.807, 2.05) is 20.8 Å². The molecule has 0 aliphatic rings. The van der Waals surface area contributed by atoms with E-state index in [9.17, 15) is 4.79 Å². The van der Waals surface area contributed by atoms with Gasteiger partial charge in [0.05, 0.1) is 13.4 Å². The van der Waals surface area contributed by atoms with Gasteiger partial charge in [0.15, 0.2) is 5.78 Å². The van der Waals surface area contributed by atoms with Crippen molar-refractivity contribution in [1.82, 2.24) is 0 Å². The highest BCUT2D eigenvalue weighted by Gasteiger charge is 2.17. The van der Waals surface area contributed by atoms with Crippen molar-refractivity contribution in [2.24, 2.45) is 5.41 Å². The molecule has 0 rings (SSSR count). The van der Waals surface area contributed by atoms with Crippen LogP contribution in [0.3, 0.4) is 0 Å². The summed E-state index contributed by atoms with van der Waals surface area (Å²) in [6, 6.07) is 0. The lowest BCUT2D eigenvalue weighted by atomic mass is 9.91. The van der Waals surface area contributed by atoms with Gasteiger partial charge in [-0.05, 0) is 0 Å². The molecule has 0 spiro atoms. The minimum atomic E-state index is -0.297. The highest BCUT2D eigenvalue weighted by Crippen LogP contribution is 2.14. The molecule has 58 valence electrons. The maximum atomic E-state index is 11.1. The average Bonchev–Trinajstić information content (AvgIpc) is 1.80. The summed E-state index contributed by atoms with van der Waals surface area (Å²) < 4.78 is 4.61. The van der Waals surface area contributed by atoms with Crippen LogP contribution < -0.4 is 0 Å². The van der Waals surface area contributed by atoms with E-state index in [1.165, 1.54) is 19.4 Å². The van der Waals surface area contributed by atoms with E-state index < -0.39 is 0 Å². The van der Waals surface area contributed by atoms with E-state index in [0.717, 1.165) is 0 Å². The first-order chi connectivity index (χ1) is 4.48. The predicted octanol–water partition coefficient (Wildman–Crippen LogP) is 1.76. The third kappa shape index (κ3) is 3.28. The lowest BCUT2D eigenvalue weighted by molar-refractivity contribution is -0.121. The van der Waals surface area contributed by atoms with Crippen molar-refractivity contribution in [3.63, 3.8) is 0 Å². The van der Waals surface area contributed by atoms with Crippen molar-refractivity contribution in [2.45, 2.75) is 20.8 Å². The minimum absolute atomic E-state index is 0.0781. The Balaban J connectivity index is 3.98. The maximum absolute atomic E-state index is 11.1. The quantitative estimate of drug-likeness (QED) is 0.434. The molecule has 0 aromatic carbocycles. The summed E-state index contributed by atoms with van der Waals surface area (Å²) in [4.78, 5) is 11.1. The molecule has 0 atom stereocenters. The first-order valence-electron chi connectivity index (χ1n) is 3.22. The van der Waals surface area contributed by atoms with Crippen molar-refractivity contribution < 1.29 is 9.53 Å². The molecule has 0 aromatic rings. The molecule has 0 aromatic heterocycles. The standard InChI is InChI=1S/C8H14O2/c1-8(2,3)7(9)5-6-10-4/h5-6H,1-4H3. The average molecular weight is 142 g/mol. The molecule has 0 radical (unpaired) electrons. The molecule has 0 fully saturated rings. The Morgan fingerprint density at radius 1 is 1.40 bits per heavy atom. The van der Waals surface area contributed by atoms with Gasteiger partial charge in [0.1, 0.15) is 0 Å². The molecular formula is C8H14O2. The molecule has 0 aliphatic carbocycles. The number of carbonyl (C=O) groups excluding carboxylic acids is 1. The monoisotopic (exact) mass is 142 g/mol. The van der Waals surface area contributed by atoms with Crippen LogP contribution in [0, 0.1) is 5.41 Å². The van der Waals surface area contributed by atoms with Gasteiger partial charge in [-0.15, -0.1) is 0 Å². The fraction of sp³-hybridized carbons (Fsp3) is 0.625. The second-order valence-corrected chi connectivity index (χ2v) is 3.15. The number of hydrogen-bond acceptors (Lipinski definition) is 2. The largest absolute Gasteiger partial charge is 0.504 e. The maximum Gasteiger partial charge on any atom is 0.164 e. The topological polar surface area (TPSA) is 26.3 Å². The van der Waals surface area contributed by atoms with E-state index in [0.29, 0.717) is 0 Å². The normalized spacial score (nSPS) is 12.0. The van der Waals surface area contributed by atoms with E-state index in [1.54, 1.807) is 0 Å². The van der Waals surface area contributed by atoms with Crippen LogP contribution in [-0.2, 0) is 9.53 Å². The summed E-state index contributed by atoms with van der Waals surface area (Å²) in [5, 5.41) is 0. The number of allylic oxidation sites excluding steroid dienone is 1. The molecule has 0 saturated heterocycles. The van der Waals surface area contributed by atoms with Gasteiger partial charge in [0, 0.05) is 11.5 Å². The van der Waals surface area contributed by atoms with Gasteiger partial charge in [-0.25, -0.2) is 0 Å². The fourth-order valence-electron chi connectivity index (χ4n) is 0.380.